The molecule has 0 spiro atoms. The topological polar surface area (TPSA) is 96.0 Å². The van der Waals surface area contributed by atoms with Gasteiger partial charge in [0.2, 0.25) is 11.8 Å². The molecule has 2 amide bonds. The summed E-state index contributed by atoms with van der Waals surface area (Å²) >= 11 is 0. The van der Waals surface area contributed by atoms with E-state index in [1.54, 1.807) is 42.5 Å². The Morgan fingerprint density at radius 1 is 0.925 bits per heavy atom. The second kappa shape index (κ2) is 14.0. The molecular weight excluding hydrogens is 526 g/mol. The van der Waals surface area contributed by atoms with E-state index in [-0.39, 0.29) is 23.4 Å². The fourth-order valence-electron chi connectivity index (χ4n) is 4.36. The van der Waals surface area contributed by atoms with E-state index in [0.29, 0.717) is 17.9 Å². The number of nitrogens with one attached hydrogen (secondary N) is 1. The number of hydrogen-bond donors (Lipinski definition) is 1. The number of carbonyl (C=O) groups is 2. The molecule has 0 aliphatic rings. The molecule has 3 rings (SSSR count). The van der Waals surface area contributed by atoms with Crippen LogP contribution in [-0.4, -0.2) is 50.9 Å². The first-order valence-corrected chi connectivity index (χ1v) is 14.9. The van der Waals surface area contributed by atoms with Crippen LogP contribution in [0.2, 0.25) is 0 Å². The van der Waals surface area contributed by atoms with Crippen molar-refractivity contribution in [3.05, 3.63) is 90.0 Å². The van der Waals surface area contributed by atoms with Crippen LogP contribution in [-0.2, 0) is 26.2 Å². The molecule has 0 aliphatic carbocycles. The summed E-state index contributed by atoms with van der Waals surface area (Å²) in [6.07, 6.45) is 1.11. The number of nitrogens with zero attached hydrogens (tertiary/aromatic N) is 2. The minimum Gasteiger partial charge on any atom is -0.497 e. The van der Waals surface area contributed by atoms with Crippen LogP contribution in [0.25, 0.3) is 0 Å². The molecule has 0 fully saturated rings. The maximum absolute atomic E-state index is 14.1. The van der Waals surface area contributed by atoms with E-state index < -0.39 is 28.5 Å². The van der Waals surface area contributed by atoms with Crippen molar-refractivity contribution in [3.8, 4) is 5.75 Å². The highest BCUT2D eigenvalue weighted by Crippen LogP contribution is 2.26. The molecule has 40 heavy (non-hydrogen) atoms. The third kappa shape index (κ3) is 7.63. The van der Waals surface area contributed by atoms with Gasteiger partial charge in [0.15, 0.2) is 0 Å². The smallest absolute Gasteiger partial charge is 0.264 e. The van der Waals surface area contributed by atoms with E-state index in [9.17, 15) is 18.0 Å². The Balaban J connectivity index is 2.05. The van der Waals surface area contributed by atoms with Crippen LogP contribution < -0.4 is 14.4 Å². The van der Waals surface area contributed by atoms with Gasteiger partial charge in [-0.15, -0.1) is 0 Å². The number of carbonyl (C=O) groups excluding carboxylic acids is 2. The van der Waals surface area contributed by atoms with Gasteiger partial charge >= 0.3 is 0 Å². The molecule has 3 aromatic carbocycles. The largest absolute Gasteiger partial charge is 0.497 e. The summed E-state index contributed by atoms with van der Waals surface area (Å²) in [6, 6.07) is 21.4. The van der Waals surface area contributed by atoms with Crippen molar-refractivity contribution in [1.29, 1.82) is 0 Å². The average molecular weight is 566 g/mol. The Morgan fingerprint density at radius 2 is 1.60 bits per heavy atom. The van der Waals surface area contributed by atoms with E-state index in [4.69, 9.17) is 4.74 Å². The lowest BCUT2D eigenvalue weighted by Crippen LogP contribution is -2.53. The van der Waals surface area contributed by atoms with Crippen molar-refractivity contribution in [2.24, 2.45) is 0 Å². The zero-order chi connectivity index (χ0) is 29.3. The number of rotatable bonds is 13. The SMILES string of the molecule is CC[C@@H](C)NC(=O)[C@@H](CC)N(Cc1cccc(C)c1)C(=O)CN(c1ccc(OC)cc1)S(=O)(=O)c1ccccc1. The Kier molecular flexibility index (Phi) is 10.7. The molecule has 0 unspecified atom stereocenters. The highest BCUT2D eigenvalue weighted by molar-refractivity contribution is 7.92. The van der Waals surface area contributed by atoms with E-state index in [0.717, 1.165) is 21.9 Å². The molecule has 0 heterocycles. The van der Waals surface area contributed by atoms with Crippen LogP contribution in [0.15, 0.2) is 83.8 Å². The first-order chi connectivity index (χ1) is 19.1. The number of ether oxygens (including phenoxy) is 1. The number of benzene rings is 3. The maximum Gasteiger partial charge on any atom is 0.264 e. The lowest BCUT2D eigenvalue weighted by molar-refractivity contribution is -0.140. The molecule has 0 saturated carbocycles. The standard InChI is InChI=1S/C31H39N3O5S/c1-6-24(4)32-31(36)29(7-2)33(21-25-13-11-12-23(3)20-25)30(35)22-34(26-16-18-27(39-5)19-17-26)40(37,38)28-14-9-8-10-15-28/h8-20,24,29H,6-7,21-22H2,1-5H3,(H,32,36)/t24-,29-/m1/s1. The zero-order valence-electron chi connectivity index (χ0n) is 23.8. The van der Waals surface area contributed by atoms with Crippen LogP contribution in [0.4, 0.5) is 5.69 Å². The molecule has 9 heteroatoms. The van der Waals surface area contributed by atoms with Gasteiger partial charge in [-0.05, 0) is 68.7 Å². The van der Waals surface area contributed by atoms with Crippen molar-refractivity contribution in [2.45, 2.75) is 64.1 Å². The van der Waals surface area contributed by atoms with Gasteiger partial charge in [-0.3, -0.25) is 13.9 Å². The summed E-state index contributed by atoms with van der Waals surface area (Å²) in [6.45, 7) is 7.37. The van der Waals surface area contributed by atoms with E-state index in [1.165, 1.54) is 24.1 Å². The van der Waals surface area contributed by atoms with Gasteiger partial charge in [0, 0.05) is 12.6 Å². The monoisotopic (exact) mass is 565 g/mol. The van der Waals surface area contributed by atoms with E-state index in [1.807, 2.05) is 52.0 Å². The van der Waals surface area contributed by atoms with Gasteiger partial charge in [-0.1, -0.05) is 61.9 Å². The minimum absolute atomic E-state index is 0.0606. The summed E-state index contributed by atoms with van der Waals surface area (Å²) in [7, 11) is -2.59. The van der Waals surface area contributed by atoms with Crippen molar-refractivity contribution in [3.63, 3.8) is 0 Å². The van der Waals surface area contributed by atoms with E-state index in [2.05, 4.69) is 5.32 Å². The highest BCUT2D eigenvalue weighted by atomic mass is 32.2. The number of anilines is 1. The molecule has 8 nitrogen and oxygen atoms in total. The fourth-order valence-corrected chi connectivity index (χ4v) is 5.80. The van der Waals surface area contributed by atoms with Gasteiger partial charge in [-0.25, -0.2) is 8.42 Å². The lowest BCUT2D eigenvalue weighted by atomic mass is 10.1. The Morgan fingerprint density at radius 3 is 2.17 bits per heavy atom. The third-order valence-electron chi connectivity index (χ3n) is 6.79. The van der Waals surface area contributed by atoms with Gasteiger partial charge in [0.25, 0.3) is 10.0 Å². The Hall–Kier alpha value is -3.85. The summed E-state index contributed by atoms with van der Waals surface area (Å²) in [4.78, 5) is 29.0. The van der Waals surface area contributed by atoms with Crippen molar-refractivity contribution in [2.75, 3.05) is 18.0 Å². The summed E-state index contributed by atoms with van der Waals surface area (Å²) < 4.78 is 34.0. The number of hydrogen-bond acceptors (Lipinski definition) is 5. The molecule has 0 bridgehead atoms. The number of methoxy groups -OCH3 is 1. The zero-order valence-corrected chi connectivity index (χ0v) is 24.6. The van der Waals surface area contributed by atoms with Gasteiger partial charge in [0.05, 0.1) is 17.7 Å². The predicted octanol–water partition coefficient (Wildman–Crippen LogP) is 4.92. The van der Waals surface area contributed by atoms with Crippen molar-refractivity contribution in [1.82, 2.24) is 10.2 Å². The first-order valence-electron chi connectivity index (χ1n) is 13.5. The fraction of sp³-hybridized carbons (Fsp3) is 0.355. The first kappa shape index (κ1) is 30.7. The van der Waals surface area contributed by atoms with Crippen molar-refractivity contribution < 1.29 is 22.7 Å². The van der Waals surface area contributed by atoms with Crippen LogP contribution >= 0.6 is 0 Å². The Bertz CT molecular complexity index is 1380. The molecule has 214 valence electrons. The highest BCUT2D eigenvalue weighted by Gasteiger charge is 2.34. The van der Waals surface area contributed by atoms with Crippen LogP contribution in [0.5, 0.6) is 5.75 Å². The lowest BCUT2D eigenvalue weighted by Gasteiger charge is -2.33. The molecule has 0 aromatic heterocycles. The molecule has 0 aliphatic heterocycles. The maximum atomic E-state index is 14.1. The van der Waals surface area contributed by atoms with Gasteiger partial charge < -0.3 is 15.0 Å². The summed E-state index contributed by atoms with van der Waals surface area (Å²) in [5, 5.41) is 2.99. The van der Waals surface area contributed by atoms with Crippen LogP contribution in [0.3, 0.4) is 0 Å². The molecule has 3 aromatic rings. The van der Waals surface area contributed by atoms with Crippen molar-refractivity contribution >= 4 is 27.5 Å². The number of amides is 2. The normalized spacial score (nSPS) is 12.7. The molecular formula is C31H39N3O5S. The number of aryl methyl sites for hydroxylation is 1. The summed E-state index contributed by atoms with van der Waals surface area (Å²) in [5.41, 5.74) is 2.18. The third-order valence-corrected chi connectivity index (χ3v) is 8.58. The second-order valence-corrected chi connectivity index (χ2v) is 11.6. The molecule has 2 atom stereocenters. The Labute approximate surface area is 238 Å². The molecule has 0 saturated heterocycles. The quantitative estimate of drug-likeness (QED) is 0.317. The molecule has 0 radical (unpaired) electrons. The second-order valence-electron chi connectivity index (χ2n) is 9.78. The van der Waals surface area contributed by atoms with Crippen LogP contribution in [0, 0.1) is 6.92 Å². The average Bonchev–Trinajstić information content (AvgIpc) is 2.96. The van der Waals surface area contributed by atoms with Gasteiger partial charge in [0.1, 0.15) is 18.3 Å². The predicted molar refractivity (Wildman–Crippen MR) is 158 cm³/mol. The minimum atomic E-state index is -4.11. The van der Waals surface area contributed by atoms with E-state index >= 15 is 0 Å². The number of sulfonamides is 1. The molecule has 1 N–H and O–H groups in total. The van der Waals surface area contributed by atoms with Gasteiger partial charge in [-0.2, -0.15) is 0 Å². The van der Waals surface area contributed by atoms with Crippen LogP contribution in [0.1, 0.15) is 44.7 Å². The summed E-state index contributed by atoms with van der Waals surface area (Å²) in [5.74, 6) is -0.191.